The number of carbonyl (C=O) groups excluding carboxylic acids is 3. The zero-order valence-corrected chi connectivity index (χ0v) is 16.0. The van der Waals surface area contributed by atoms with E-state index in [1.54, 1.807) is 24.3 Å². The van der Waals surface area contributed by atoms with Crippen LogP contribution in [0.15, 0.2) is 59.7 Å². The quantitative estimate of drug-likeness (QED) is 0.288. The number of hydrazone groups is 1. The molecule has 0 saturated heterocycles. The van der Waals surface area contributed by atoms with Gasteiger partial charge in [0.25, 0.3) is 0 Å². The van der Waals surface area contributed by atoms with E-state index in [0.29, 0.717) is 16.1 Å². The van der Waals surface area contributed by atoms with Gasteiger partial charge in [-0.1, -0.05) is 53.8 Å². The summed E-state index contributed by atoms with van der Waals surface area (Å²) in [5.41, 5.74) is 3.99. The molecule has 0 fully saturated rings. The molecule has 2 N–H and O–H groups in total. The third kappa shape index (κ3) is 5.30. The van der Waals surface area contributed by atoms with Gasteiger partial charge >= 0.3 is 17.8 Å². The highest BCUT2D eigenvalue weighted by Gasteiger charge is 2.16. The second-order valence-electron chi connectivity index (χ2n) is 5.55. The van der Waals surface area contributed by atoms with Crippen LogP contribution < -0.4 is 10.7 Å². The van der Waals surface area contributed by atoms with Crippen molar-refractivity contribution >= 4 is 40.5 Å². The number of amides is 2. The molecule has 10 heteroatoms. The van der Waals surface area contributed by atoms with Crippen molar-refractivity contribution in [3.63, 3.8) is 0 Å². The van der Waals surface area contributed by atoms with Gasteiger partial charge in [0.15, 0.2) is 0 Å². The van der Waals surface area contributed by atoms with Crippen molar-refractivity contribution in [1.29, 1.82) is 0 Å². The standard InChI is InChI=1S/C19H15N5O4S/c1-28-18(27)14-9-7-12(8-10-14)11-20-22-16(26)15(25)21-19-24-23-17(29-19)13-5-3-2-4-6-13/h2-11H,1H3,(H,22,26)(H,21,24,25). The van der Waals surface area contributed by atoms with E-state index in [1.807, 2.05) is 30.3 Å². The summed E-state index contributed by atoms with van der Waals surface area (Å²) in [7, 11) is 1.29. The van der Waals surface area contributed by atoms with Crippen LogP contribution in [0.3, 0.4) is 0 Å². The fraction of sp³-hybridized carbons (Fsp3) is 0.0526. The first kappa shape index (κ1) is 19.8. The highest BCUT2D eigenvalue weighted by Crippen LogP contribution is 2.25. The van der Waals surface area contributed by atoms with Crippen molar-refractivity contribution in [1.82, 2.24) is 15.6 Å². The lowest BCUT2D eigenvalue weighted by Crippen LogP contribution is -2.32. The topological polar surface area (TPSA) is 123 Å². The van der Waals surface area contributed by atoms with E-state index >= 15 is 0 Å². The van der Waals surface area contributed by atoms with Crippen LogP contribution in [0.5, 0.6) is 0 Å². The lowest BCUT2D eigenvalue weighted by atomic mass is 10.1. The minimum absolute atomic E-state index is 0.200. The Morgan fingerprint density at radius 1 is 1.00 bits per heavy atom. The number of methoxy groups -OCH3 is 1. The highest BCUT2D eigenvalue weighted by molar-refractivity contribution is 7.18. The van der Waals surface area contributed by atoms with Crippen molar-refractivity contribution in [3.05, 3.63) is 65.7 Å². The summed E-state index contributed by atoms with van der Waals surface area (Å²) in [5.74, 6) is -2.33. The smallest absolute Gasteiger partial charge is 0.337 e. The molecule has 0 aliphatic carbocycles. The highest BCUT2D eigenvalue weighted by atomic mass is 32.1. The van der Waals surface area contributed by atoms with Crippen molar-refractivity contribution in [3.8, 4) is 10.6 Å². The van der Waals surface area contributed by atoms with E-state index in [0.717, 1.165) is 16.9 Å². The predicted molar refractivity (Wildman–Crippen MR) is 107 cm³/mol. The van der Waals surface area contributed by atoms with Crippen molar-refractivity contribution in [2.45, 2.75) is 0 Å². The molecule has 0 atom stereocenters. The van der Waals surface area contributed by atoms with E-state index in [-0.39, 0.29) is 5.13 Å². The molecule has 0 aliphatic rings. The molecule has 9 nitrogen and oxygen atoms in total. The van der Waals surface area contributed by atoms with Crippen LogP contribution >= 0.6 is 11.3 Å². The average molecular weight is 409 g/mol. The van der Waals surface area contributed by atoms with Crippen LogP contribution in [0.25, 0.3) is 10.6 Å². The summed E-state index contributed by atoms with van der Waals surface area (Å²) >= 11 is 1.15. The maximum absolute atomic E-state index is 11.9. The molecule has 0 aliphatic heterocycles. The molecule has 2 aromatic carbocycles. The van der Waals surface area contributed by atoms with Crippen LogP contribution in [0.1, 0.15) is 15.9 Å². The number of ether oxygens (including phenoxy) is 1. The SMILES string of the molecule is COC(=O)c1ccc(C=NNC(=O)C(=O)Nc2nnc(-c3ccccc3)s2)cc1. The number of benzene rings is 2. The molecule has 146 valence electrons. The Bertz CT molecular complexity index is 1050. The first-order valence-electron chi connectivity index (χ1n) is 8.28. The Morgan fingerprint density at radius 2 is 1.72 bits per heavy atom. The summed E-state index contributed by atoms with van der Waals surface area (Å²) in [4.78, 5) is 35.2. The molecule has 0 unspecified atom stereocenters. The zero-order chi connectivity index (χ0) is 20.6. The maximum atomic E-state index is 11.9. The number of nitrogens with zero attached hydrogens (tertiary/aromatic N) is 3. The van der Waals surface area contributed by atoms with Crippen LogP contribution in [0, 0.1) is 0 Å². The summed E-state index contributed by atoms with van der Waals surface area (Å²) in [6.45, 7) is 0. The van der Waals surface area contributed by atoms with Crippen LogP contribution in [0.2, 0.25) is 0 Å². The minimum Gasteiger partial charge on any atom is -0.465 e. The van der Waals surface area contributed by atoms with Crippen molar-refractivity contribution in [2.75, 3.05) is 12.4 Å². The van der Waals surface area contributed by atoms with E-state index in [1.165, 1.54) is 13.3 Å². The van der Waals surface area contributed by atoms with Crippen LogP contribution in [-0.4, -0.2) is 41.3 Å². The molecular formula is C19H15N5O4S. The summed E-state index contributed by atoms with van der Waals surface area (Å²) in [6.07, 6.45) is 1.34. The molecule has 1 heterocycles. The summed E-state index contributed by atoms with van der Waals surface area (Å²) in [6, 6.07) is 15.7. The number of esters is 1. The van der Waals surface area contributed by atoms with Gasteiger partial charge < -0.3 is 4.74 Å². The van der Waals surface area contributed by atoms with Gasteiger partial charge in [-0.25, -0.2) is 10.2 Å². The molecule has 0 bridgehead atoms. The third-order valence-corrected chi connectivity index (χ3v) is 4.47. The van der Waals surface area contributed by atoms with Crippen molar-refractivity contribution in [2.24, 2.45) is 5.10 Å². The number of hydrogen-bond acceptors (Lipinski definition) is 8. The average Bonchev–Trinajstić information content (AvgIpc) is 3.22. The monoisotopic (exact) mass is 409 g/mol. The molecule has 3 rings (SSSR count). The number of hydrogen-bond donors (Lipinski definition) is 2. The number of nitrogens with one attached hydrogen (secondary N) is 2. The molecule has 2 amide bonds. The second kappa shape index (κ2) is 9.33. The van der Waals surface area contributed by atoms with Gasteiger partial charge in [-0.3, -0.25) is 14.9 Å². The molecule has 0 spiro atoms. The molecule has 3 aromatic rings. The third-order valence-electron chi connectivity index (χ3n) is 3.58. The lowest BCUT2D eigenvalue weighted by Gasteiger charge is -2.00. The number of anilines is 1. The molecule has 0 saturated carbocycles. The summed E-state index contributed by atoms with van der Waals surface area (Å²) < 4.78 is 4.61. The summed E-state index contributed by atoms with van der Waals surface area (Å²) in [5, 5.41) is 14.8. The minimum atomic E-state index is -0.955. The van der Waals surface area contributed by atoms with E-state index in [4.69, 9.17) is 0 Å². The van der Waals surface area contributed by atoms with Gasteiger partial charge in [-0.2, -0.15) is 5.10 Å². The Labute approximate surface area is 169 Å². The van der Waals surface area contributed by atoms with E-state index < -0.39 is 17.8 Å². The normalized spacial score (nSPS) is 10.5. The van der Waals surface area contributed by atoms with Gasteiger partial charge in [0.05, 0.1) is 18.9 Å². The maximum Gasteiger partial charge on any atom is 0.337 e. The number of rotatable bonds is 5. The lowest BCUT2D eigenvalue weighted by molar-refractivity contribution is -0.136. The molecule has 29 heavy (non-hydrogen) atoms. The molecular weight excluding hydrogens is 394 g/mol. The molecule has 1 aromatic heterocycles. The Kier molecular flexibility index (Phi) is 6.38. The Balaban J connectivity index is 1.53. The van der Waals surface area contributed by atoms with Crippen LogP contribution in [0.4, 0.5) is 5.13 Å². The Morgan fingerprint density at radius 3 is 2.41 bits per heavy atom. The Hall–Kier alpha value is -3.92. The second-order valence-corrected chi connectivity index (χ2v) is 6.52. The largest absolute Gasteiger partial charge is 0.465 e. The number of carbonyl (C=O) groups is 3. The number of aromatic nitrogens is 2. The molecule has 0 radical (unpaired) electrons. The fourth-order valence-corrected chi connectivity index (χ4v) is 2.91. The van der Waals surface area contributed by atoms with Gasteiger partial charge in [-0.05, 0) is 17.7 Å². The van der Waals surface area contributed by atoms with Gasteiger partial charge in [0, 0.05) is 5.56 Å². The van der Waals surface area contributed by atoms with Crippen LogP contribution in [-0.2, 0) is 14.3 Å². The zero-order valence-electron chi connectivity index (χ0n) is 15.2. The fourth-order valence-electron chi connectivity index (χ4n) is 2.16. The van der Waals surface area contributed by atoms with E-state index in [2.05, 4.69) is 30.8 Å². The first-order valence-corrected chi connectivity index (χ1v) is 9.10. The van der Waals surface area contributed by atoms with Crippen molar-refractivity contribution < 1.29 is 19.1 Å². The van der Waals surface area contributed by atoms with Gasteiger partial charge in [-0.15, -0.1) is 10.2 Å². The van der Waals surface area contributed by atoms with Gasteiger partial charge in [0.1, 0.15) is 5.01 Å². The predicted octanol–water partition coefficient (Wildman–Crippen LogP) is 2.08. The van der Waals surface area contributed by atoms with E-state index in [9.17, 15) is 14.4 Å². The first-order chi connectivity index (χ1) is 14.1. The van der Waals surface area contributed by atoms with Gasteiger partial charge in [0.2, 0.25) is 5.13 Å².